The van der Waals surface area contributed by atoms with Crippen molar-refractivity contribution in [3.05, 3.63) is 77.0 Å². The Kier molecular flexibility index (Phi) is 4.88. The lowest BCUT2D eigenvalue weighted by atomic mass is 10.2. The van der Waals surface area contributed by atoms with Crippen LogP contribution in [0.25, 0.3) is 0 Å². The van der Waals surface area contributed by atoms with Gasteiger partial charge < -0.3 is 16.0 Å². The van der Waals surface area contributed by atoms with Gasteiger partial charge in [0.1, 0.15) is 5.84 Å². The molecule has 24 heavy (non-hydrogen) atoms. The van der Waals surface area contributed by atoms with E-state index < -0.39 is 0 Å². The first-order valence-corrected chi connectivity index (χ1v) is 8.26. The summed E-state index contributed by atoms with van der Waals surface area (Å²) in [6.07, 6.45) is 0. The van der Waals surface area contributed by atoms with Gasteiger partial charge in [0, 0.05) is 28.0 Å². The highest BCUT2D eigenvalue weighted by atomic mass is 32.1. The first-order valence-electron chi connectivity index (χ1n) is 7.32. The third-order valence-corrected chi connectivity index (χ3v) is 3.94. The number of amides is 2. The normalized spacial score (nSPS) is 10.0. The summed E-state index contributed by atoms with van der Waals surface area (Å²) in [5.41, 5.74) is 3.05. The van der Waals surface area contributed by atoms with Gasteiger partial charge in [-0.25, -0.2) is 4.79 Å². The first-order chi connectivity index (χ1) is 11.7. The molecule has 0 aliphatic carbocycles. The molecule has 6 heteroatoms. The maximum Gasteiger partial charge on any atom is 0.323 e. The third kappa shape index (κ3) is 4.21. The molecule has 0 bridgehead atoms. The van der Waals surface area contributed by atoms with Crippen molar-refractivity contribution < 1.29 is 4.79 Å². The Balaban J connectivity index is 1.56. The molecule has 3 rings (SSSR count). The van der Waals surface area contributed by atoms with E-state index in [9.17, 15) is 4.79 Å². The van der Waals surface area contributed by atoms with E-state index in [1.807, 2.05) is 59.3 Å². The average molecular weight is 336 g/mol. The number of para-hydroxylation sites is 1. The Labute approximate surface area is 143 Å². The number of rotatable bonds is 4. The number of hydrogen-bond acceptors (Lipinski definition) is 3. The Bertz CT molecular complexity index is 814. The number of carbonyl (C=O) groups is 1. The molecule has 2 aromatic carbocycles. The van der Waals surface area contributed by atoms with Gasteiger partial charge in [-0.15, -0.1) is 0 Å². The van der Waals surface area contributed by atoms with Crippen molar-refractivity contribution in [1.82, 2.24) is 0 Å². The monoisotopic (exact) mass is 336 g/mol. The van der Waals surface area contributed by atoms with Crippen LogP contribution in [0, 0.1) is 5.41 Å². The predicted octanol–water partition coefficient (Wildman–Crippen LogP) is 4.83. The third-order valence-electron chi connectivity index (χ3n) is 3.25. The van der Waals surface area contributed by atoms with Gasteiger partial charge in [-0.05, 0) is 47.8 Å². The molecule has 120 valence electrons. The highest BCUT2D eigenvalue weighted by molar-refractivity contribution is 7.08. The topological polar surface area (TPSA) is 77.0 Å². The van der Waals surface area contributed by atoms with Gasteiger partial charge in [0.25, 0.3) is 0 Å². The molecular formula is C18H16N4OS. The second-order valence-electron chi connectivity index (χ2n) is 5.03. The highest BCUT2D eigenvalue weighted by Crippen LogP contribution is 2.16. The van der Waals surface area contributed by atoms with Crippen LogP contribution in [0.3, 0.4) is 0 Å². The molecule has 0 unspecified atom stereocenters. The molecule has 0 atom stereocenters. The highest BCUT2D eigenvalue weighted by Gasteiger charge is 2.04. The van der Waals surface area contributed by atoms with E-state index in [-0.39, 0.29) is 6.03 Å². The lowest BCUT2D eigenvalue weighted by molar-refractivity contribution is 0.262. The van der Waals surface area contributed by atoms with Crippen LogP contribution in [0.4, 0.5) is 21.9 Å². The van der Waals surface area contributed by atoms with E-state index in [1.54, 1.807) is 23.5 Å². The SMILES string of the molecule is N=C(Nc1ccc(NC(=O)Nc2ccccc2)cc1)c1ccsc1. The maximum atomic E-state index is 11.9. The van der Waals surface area contributed by atoms with Crippen molar-refractivity contribution in [2.24, 2.45) is 0 Å². The second-order valence-corrected chi connectivity index (χ2v) is 5.81. The quantitative estimate of drug-likeness (QED) is 0.407. The largest absolute Gasteiger partial charge is 0.340 e. The van der Waals surface area contributed by atoms with Crippen molar-refractivity contribution in [3.63, 3.8) is 0 Å². The van der Waals surface area contributed by atoms with E-state index in [4.69, 9.17) is 5.41 Å². The minimum Gasteiger partial charge on any atom is -0.340 e. The number of hydrogen-bond donors (Lipinski definition) is 4. The van der Waals surface area contributed by atoms with Crippen molar-refractivity contribution in [1.29, 1.82) is 5.41 Å². The van der Waals surface area contributed by atoms with Crippen LogP contribution in [-0.2, 0) is 0 Å². The number of carbonyl (C=O) groups excluding carboxylic acids is 1. The summed E-state index contributed by atoms with van der Waals surface area (Å²) in [6, 6.07) is 18.1. The molecule has 0 fully saturated rings. The lowest BCUT2D eigenvalue weighted by Gasteiger charge is -2.10. The van der Waals surface area contributed by atoms with Gasteiger partial charge in [0.2, 0.25) is 0 Å². The molecular weight excluding hydrogens is 320 g/mol. The molecule has 0 spiro atoms. The molecule has 0 saturated heterocycles. The minimum absolute atomic E-state index is 0.298. The van der Waals surface area contributed by atoms with Crippen LogP contribution in [0.15, 0.2) is 71.4 Å². The molecule has 1 aromatic heterocycles. The summed E-state index contributed by atoms with van der Waals surface area (Å²) >= 11 is 1.55. The van der Waals surface area contributed by atoms with Crippen LogP contribution in [0.2, 0.25) is 0 Å². The lowest BCUT2D eigenvalue weighted by Crippen LogP contribution is -2.19. The Hall–Kier alpha value is -3.12. The van der Waals surface area contributed by atoms with Crippen LogP contribution in [-0.4, -0.2) is 11.9 Å². The zero-order chi connectivity index (χ0) is 16.8. The second kappa shape index (κ2) is 7.43. The summed E-state index contributed by atoms with van der Waals surface area (Å²) in [5, 5.41) is 20.4. The van der Waals surface area contributed by atoms with Gasteiger partial charge in [0.05, 0.1) is 0 Å². The summed E-state index contributed by atoms with van der Waals surface area (Å²) in [5.74, 6) is 0.346. The smallest absolute Gasteiger partial charge is 0.323 e. The summed E-state index contributed by atoms with van der Waals surface area (Å²) in [4.78, 5) is 11.9. The standard InChI is InChI=1S/C18H16N4OS/c19-17(13-10-11-24-12-13)20-15-6-8-16(9-7-15)22-18(23)21-14-4-2-1-3-5-14/h1-12H,(H2,19,20)(H2,21,22,23). The van der Waals surface area contributed by atoms with E-state index >= 15 is 0 Å². The fraction of sp³-hybridized carbons (Fsp3) is 0. The number of amidine groups is 1. The fourth-order valence-corrected chi connectivity index (χ4v) is 2.72. The minimum atomic E-state index is -0.298. The first kappa shape index (κ1) is 15.8. The average Bonchev–Trinajstić information content (AvgIpc) is 3.12. The number of anilines is 3. The van der Waals surface area contributed by atoms with Gasteiger partial charge in [0.15, 0.2) is 0 Å². The number of nitrogens with one attached hydrogen (secondary N) is 4. The van der Waals surface area contributed by atoms with E-state index in [0.29, 0.717) is 11.5 Å². The molecule has 0 aliphatic rings. The Morgan fingerprint density at radius 3 is 1.96 bits per heavy atom. The van der Waals surface area contributed by atoms with Gasteiger partial charge >= 0.3 is 6.03 Å². The van der Waals surface area contributed by atoms with Gasteiger partial charge in [-0.3, -0.25) is 5.41 Å². The summed E-state index contributed by atoms with van der Waals surface area (Å²) < 4.78 is 0. The van der Waals surface area contributed by atoms with Crippen molar-refractivity contribution in [2.75, 3.05) is 16.0 Å². The molecule has 5 nitrogen and oxygen atoms in total. The zero-order valence-electron chi connectivity index (χ0n) is 12.7. The van der Waals surface area contributed by atoms with E-state index in [2.05, 4.69) is 16.0 Å². The predicted molar refractivity (Wildman–Crippen MR) is 100 cm³/mol. The van der Waals surface area contributed by atoms with Crippen LogP contribution in [0.1, 0.15) is 5.56 Å². The Morgan fingerprint density at radius 2 is 1.38 bits per heavy atom. The van der Waals surface area contributed by atoms with Gasteiger partial charge in [-0.1, -0.05) is 18.2 Å². The molecule has 4 N–H and O–H groups in total. The van der Waals surface area contributed by atoms with Crippen molar-refractivity contribution in [2.45, 2.75) is 0 Å². The maximum absolute atomic E-state index is 11.9. The molecule has 0 saturated carbocycles. The Morgan fingerprint density at radius 1 is 0.792 bits per heavy atom. The zero-order valence-corrected chi connectivity index (χ0v) is 13.6. The molecule has 0 radical (unpaired) electrons. The molecule has 0 aliphatic heterocycles. The van der Waals surface area contributed by atoms with Crippen molar-refractivity contribution >= 4 is 40.3 Å². The summed E-state index contributed by atoms with van der Waals surface area (Å²) in [7, 11) is 0. The van der Waals surface area contributed by atoms with Crippen LogP contribution < -0.4 is 16.0 Å². The number of thiophene rings is 1. The summed E-state index contributed by atoms with van der Waals surface area (Å²) in [6.45, 7) is 0. The fourth-order valence-electron chi connectivity index (χ4n) is 2.08. The van der Waals surface area contributed by atoms with E-state index in [1.165, 1.54) is 0 Å². The molecule has 3 aromatic rings. The number of urea groups is 1. The van der Waals surface area contributed by atoms with E-state index in [0.717, 1.165) is 16.9 Å². The van der Waals surface area contributed by atoms with Crippen molar-refractivity contribution in [3.8, 4) is 0 Å². The number of benzene rings is 2. The van der Waals surface area contributed by atoms with Crippen LogP contribution >= 0.6 is 11.3 Å². The molecule has 2 amide bonds. The molecule has 1 heterocycles. The van der Waals surface area contributed by atoms with Gasteiger partial charge in [-0.2, -0.15) is 11.3 Å². The van der Waals surface area contributed by atoms with Crippen LogP contribution in [0.5, 0.6) is 0 Å².